The Kier molecular flexibility index (Phi) is 5.93. The van der Waals surface area contributed by atoms with Crippen LogP contribution in [0.3, 0.4) is 0 Å². The molecule has 1 amide bonds. The van der Waals surface area contributed by atoms with Crippen LogP contribution in [0.1, 0.15) is 52.3 Å². The van der Waals surface area contributed by atoms with Gasteiger partial charge in [-0.05, 0) is 37.3 Å². The number of methoxy groups -OCH3 is 1. The highest BCUT2D eigenvalue weighted by molar-refractivity contribution is 5.94. The van der Waals surface area contributed by atoms with E-state index in [9.17, 15) is 9.59 Å². The number of esters is 1. The summed E-state index contributed by atoms with van der Waals surface area (Å²) < 4.78 is 6.73. The molecule has 2 aliphatic rings. The van der Waals surface area contributed by atoms with Gasteiger partial charge in [-0.2, -0.15) is 5.10 Å². The molecule has 1 aromatic carbocycles. The van der Waals surface area contributed by atoms with Gasteiger partial charge in [-0.3, -0.25) is 19.2 Å². The van der Waals surface area contributed by atoms with Gasteiger partial charge in [-0.15, -0.1) is 0 Å². The molecular formula is C25H31N5O3. The van der Waals surface area contributed by atoms with E-state index in [1.165, 1.54) is 42.3 Å². The molecule has 0 unspecified atom stereocenters. The van der Waals surface area contributed by atoms with Crippen LogP contribution in [0.5, 0.6) is 0 Å². The smallest absolute Gasteiger partial charge is 0.307 e. The number of hydrogen-bond acceptors (Lipinski definition) is 5. The van der Waals surface area contributed by atoms with Crippen molar-refractivity contribution in [3.63, 3.8) is 0 Å². The van der Waals surface area contributed by atoms with Crippen LogP contribution in [0.25, 0.3) is 10.9 Å². The van der Waals surface area contributed by atoms with E-state index in [-0.39, 0.29) is 24.8 Å². The highest BCUT2D eigenvalue weighted by Crippen LogP contribution is 2.33. The Morgan fingerprint density at radius 3 is 2.88 bits per heavy atom. The number of para-hydroxylation sites is 1. The fourth-order valence-corrected chi connectivity index (χ4v) is 4.79. The van der Waals surface area contributed by atoms with Gasteiger partial charge in [0.2, 0.25) is 0 Å². The molecule has 2 N–H and O–H groups in total. The first-order valence-corrected chi connectivity index (χ1v) is 11.8. The first kappa shape index (κ1) is 21.7. The van der Waals surface area contributed by atoms with Gasteiger partial charge in [0, 0.05) is 67.0 Å². The molecule has 0 atom stereocenters. The van der Waals surface area contributed by atoms with Crippen molar-refractivity contribution in [1.82, 2.24) is 25.0 Å². The van der Waals surface area contributed by atoms with E-state index in [1.54, 1.807) is 0 Å². The van der Waals surface area contributed by atoms with Gasteiger partial charge in [0.15, 0.2) is 5.69 Å². The third-order valence-electron chi connectivity index (χ3n) is 6.81. The SMILES string of the molecule is COC(=O)CCNC(=O)c1nn(CC2CC2)c2c1CN(Cc1c(C)[nH]c3ccccc13)CC2. The second kappa shape index (κ2) is 9.02. The lowest BCUT2D eigenvalue weighted by Gasteiger charge is -2.28. The van der Waals surface area contributed by atoms with Crippen molar-refractivity contribution >= 4 is 22.8 Å². The van der Waals surface area contributed by atoms with E-state index in [0.717, 1.165) is 37.1 Å². The fraction of sp³-hybridized carbons (Fsp3) is 0.480. The summed E-state index contributed by atoms with van der Waals surface area (Å²) in [7, 11) is 1.35. The molecule has 1 saturated carbocycles. The summed E-state index contributed by atoms with van der Waals surface area (Å²) in [5, 5.41) is 8.85. The van der Waals surface area contributed by atoms with E-state index in [2.05, 4.69) is 55.8 Å². The van der Waals surface area contributed by atoms with E-state index in [4.69, 9.17) is 5.10 Å². The largest absolute Gasteiger partial charge is 0.469 e. The number of hydrogen-bond donors (Lipinski definition) is 2. The molecule has 8 nitrogen and oxygen atoms in total. The minimum absolute atomic E-state index is 0.152. The average Bonchev–Trinajstić information content (AvgIpc) is 3.49. The van der Waals surface area contributed by atoms with Gasteiger partial charge in [0.25, 0.3) is 5.91 Å². The summed E-state index contributed by atoms with van der Waals surface area (Å²) in [6, 6.07) is 8.40. The van der Waals surface area contributed by atoms with Gasteiger partial charge in [0.05, 0.1) is 13.5 Å². The molecule has 0 radical (unpaired) electrons. The van der Waals surface area contributed by atoms with Crippen molar-refractivity contribution in [1.29, 1.82) is 0 Å². The number of aryl methyl sites for hydroxylation is 1. The van der Waals surface area contributed by atoms with Gasteiger partial charge in [-0.1, -0.05) is 18.2 Å². The van der Waals surface area contributed by atoms with Crippen LogP contribution in [-0.4, -0.2) is 51.7 Å². The van der Waals surface area contributed by atoms with Crippen LogP contribution in [0.15, 0.2) is 24.3 Å². The number of rotatable bonds is 8. The van der Waals surface area contributed by atoms with Crippen LogP contribution in [0.2, 0.25) is 0 Å². The Hall–Kier alpha value is -3.13. The Balaban J connectivity index is 1.37. The van der Waals surface area contributed by atoms with Crippen molar-refractivity contribution in [2.24, 2.45) is 5.92 Å². The number of aromatic nitrogens is 3. The summed E-state index contributed by atoms with van der Waals surface area (Å²) in [4.78, 5) is 30.3. The minimum atomic E-state index is -0.336. The number of carbonyl (C=O) groups excluding carboxylic acids is 2. The van der Waals surface area contributed by atoms with Crippen molar-refractivity contribution in [2.45, 2.75) is 52.2 Å². The molecular weight excluding hydrogens is 418 g/mol. The molecule has 0 spiro atoms. The molecule has 5 rings (SSSR count). The number of H-pyrrole nitrogens is 1. The summed E-state index contributed by atoms with van der Waals surface area (Å²) >= 11 is 0. The van der Waals surface area contributed by atoms with Crippen molar-refractivity contribution in [3.8, 4) is 0 Å². The Labute approximate surface area is 193 Å². The van der Waals surface area contributed by atoms with E-state index >= 15 is 0 Å². The molecule has 0 saturated heterocycles. The molecule has 1 aliphatic heterocycles. The maximum Gasteiger partial charge on any atom is 0.307 e. The van der Waals surface area contributed by atoms with Crippen LogP contribution in [0, 0.1) is 12.8 Å². The Morgan fingerprint density at radius 1 is 1.27 bits per heavy atom. The molecule has 1 aliphatic carbocycles. The molecule has 1 fully saturated rings. The zero-order valence-electron chi connectivity index (χ0n) is 19.3. The average molecular weight is 450 g/mol. The van der Waals surface area contributed by atoms with Crippen molar-refractivity contribution in [3.05, 3.63) is 52.5 Å². The number of carbonyl (C=O) groups is 2. The fourth-order valence-electron chi connectivity index (χ4n) is 4.79. The van der Waals surface area contributed by atoms with Crippen LogP contribution >= 0.6 is 0 Å². The Bertz CT molecular complexity index is 1190. The second-order valence-corrected chi connectivity index (χ2v) is 9.22. The number of nitrogens with one attached hydrogen (secondary N) is 2. The highest BCUT2D eigenvalue weighted by atomic mass is 16.5. The normalized spacial score (nSPS) is 16.1. The molecule has 2 aromatic heterocycles. The minimum Gasteiger partial charge on any atom is -0.469 e. The summed E-state index contributed by atoms with van der Waals surface area (Å²) in [5.74, 6) is 0.128. The lowest BCUT2D eigenvalue weighted by molar-refractivity contribution is -0.140. The summed E-state index contributed by atoms with van der Waals surface area (Å²) in [5.41, 5.74) is 6.36. The molecule has 33 heavy (non-hydrogen) atoms. The van der Waals surface area contributed by atoms with Crippen LogP contribution < -0.4 is 5.32 Å². The summed E-state index contributed by atoms with van der Waals surface area (Å²) in [6.45, 7) is 5.71. The number of benzene rings is 1. The topological polar surface area (TPSA) is 92.2 Å². The van der Waals surface area contributed by atoms with Gasteiger partial charge >= 0.3 is 5.97 Å². The number of fused-ring (bicyclic) bond motifs is 2. The molecule has 0 bridgehead atoms. The van der Waals surface area contributed by atoms with Gasteiger partial charge in [0.1, 0.15) is 0 Å². The first-order valence-electron chi connectivity index (χ1n) is 11.8. The number of amides is 1. The second-order valence-electron chi connectivity index (χ2n) is 9.22. The summed E-state index contributed by atoms with van der Waals surface area (Å²) in [6.07, 6.45) is 3.51. The van der Waals surface area contributed by atoms with E-state index < -0.39 is 0 Å². The predicted molar refractivity (Wildman–Crippen MR) is 125 cm³/mol. The van der Waals surface area contributed by atoms with Crippen molar-refractivity contribution in [2.75, 3.05) is 20.2 Å². The zero-order valence-corrected chi connectivity index (χ0v) is 19.3. The van der Waals surface area contributed by atoms with Gasteiger partial charge < -0.3 is 15.0 Å². The van der Waals surface area contributed by atoms with Gasteiger partial charge in [-0.25, -0.2) is 0 Å². The first-order chi connectivity index (χ1) is 16.0. The monoisotopic (exact) mass is 449 g/mol. The predicted octanol–water partition coefficient (Wildman–Crippen LogP) is 2.93. The highest BCUT2D eigenvalue weighted by Gasteiger charge is 2.31. The maximum absolute atomic E-state index is 13.0. The number of aromatic amines is 1. The Morgan fingerprint density at radius 2 is 2.09 bits per heavy atom. The third-order valence-corrected chi connectivity index (χ3v) is 6.81. The molecule has 3 heterocycles. The van der Waals surface area contributed by atoms with E-state index in [1.807, 2.05) is 0 Å². The van der Waals surface area contributed by atoms with Crippen molar-refractivity contribution < 1.29 is 14.3 Å². The lowest BCUT2D eigenvalue weighted by atomic mass is 10.0. The third kappa shape index (κ3) is 4.53. The molecule has 8 heteroatoms. The number of nitrogens with zero attached hydrogens (tertiary/aromatic N) is 3. The van der Waals surface area contributed by atoms with Crippen LogP contribution in [-0.2, 0) is 35.6 Å². The zero-order chi connectivity index (χ0) is 22.9. The number of ether oxygens (including phenoxy) is 1. The quantitative estimate of drug-likeness (QED) is 0.516. The molecule has 3 aromatic rings. The van der Waals surface area contributed by atoms with E-state index in [0.29, 0.717) is 18.2 Å². The van der Waals surface area contributed by atoms with Crippen LogP contribution in [0.4, 0.5) is 0 Å². The molecule has 174 valence electrons. The standard InChI is InChI=1S/C25H31N5O3/c1-16-19(18-5-3-4-6-21(18)27-16)14-29-12-10-22-20(15-29)24(28-30(22)13-17-7-8-17)25(32)26-11-9-23(31)33-2/h3-6,17,27H,7-15H2,1-2H3,(H,26,32). The maximum atomic E-state index is 13.0. The lowest BCUT2D eigenvalue weighted by Crippen LogP contribution is -2.33.